The molecule has 0 aliphatic carbocycles. The minimum atomic E-state index is 1.14. The lowest BCUT2D eigenvalue weighted by Crippen LogP contribution is -1.94. The molecule has 15 rings (SSSR count). The van der Waals surface area contributed by atoms with Crippen molar-refractivity contribution in [2.24, 2.45) is 0 Å². The molecule has 0 radical (unpaired) electrons. The van der Waals surface area contributed by atoms with Gasteiger partial charge in [0.25, 0.3) is 0 Å². The number of para-hydroxylation sites is 3. The molecule has 15 aromatic rings. The van der Waals surface area contributed by atoms with E-state index in [1.54, 1.807) is 0 Å². The van der Waals surface area contributed by atoms with E-state index in [0.29, 0.717) is 0 Å². The number of aromatic nitrogens is 2. The van der Waals surface area contributed by atoms with E-state index in [1.165, 1.54) is 138 Å². The van der Waals surface area contributed by atoms with Crippen molar-refractivity contribution in [2.45, 2.75) is 0 Å². The lowest BCUT2D eigenvalue weighted by atomic mass is 9.94. The van der Waals surface area contributed by atoms with E-state index in [-0.39, 0.29) is 0 Å². The molecule has 0 spiro atoms. The van der Waals surface area contributed by atoms with Gasteiger partial charge in [0.15, 0.2) is 0 Å². The predicted octanol–water partition coefficient (Wildman–Crippen LogP) is 21.2. The van der Waals surface area contributed by atoms with Crippen LogP contribution in [0.25, 0.3) is 144 Å². The van der Waals surface area contributed by atoms with Crippen LogP contribution < -0.4 is 0 Å². The van der Waals surface area contributed by atoms with Crippen molar-refractivity contribution in [3.63, 3.8) is 0 Å². The van der Waals surface area contributed by atoms with Crippen LogP contribution in [-0.2, 0) is 0 Å². The normalized spacial score (nSPS) is 11.5. The van der Waals surface area contributed by atoms with Gasteiger partial charge in [-0.2, -0.15) is 0 Å². The summed E-state index contributed by atoms with van der Waals surface area (Å²) in [5.41, 5.74) is 26.4. The molecule has 0 N–H and O–H groups in total. The van der Waals surface area contributed by atoms with E-state index in [2.05, 4.69) is 325 Å². The molecule has 0 unspecified atom stereocenters. The first-order valence-corrected chi connectivity index (χ1v) is 27.5. The van der Waals surface area contributed by atoms with Gasteiger partial charge in [0.2, 0.25) is 0 Å². The number of fused-ring (bicyclic) bond motifs is 6. The number of rotatable bonds is 10. The highest BCUT2D eigenvalue weighted by Gasteiger charge is 2.17. The fourth-order valence-electron chi connectivity index (χ4n) is 12.0. The average Bonchev–Trinajstić information content (AvgIpc) is 4.11. The first-order valence-electron chi connectivity index (χ1n) is 27.5. The molecule has 2 nitrogen and oxygen atoms in total. The third-order valence-electron chi connectivity index (χ3n) is 16.2. The predicted molar refractivity (Wildman–Crippen MR) is 339 cm³/mol. The zero-order chi connectivity index (χ0) is 52.9. The first kappa shape index (κ1) is 46.7. The van der Waals surface area contributed by atoms with Gasteiger partial charge in [-0.3, -0.25) is 0 Å². The van der Waals surface area contributed by atoms with Gasteiger partial charge < -0.3 is 9.13 Å². The third kappa shape index (κ3) is 8.48. The van der Waals surface area contributed by atoms with Crippen LogP contribution in [0.4, 0.5) is 0 Å². The van der Waals surface area contributed by atoms with E-state index in [0.717, 1.165) is 5.69 Å². The molecule has 0 saturated carbocycles. The van der Waals surface area contributed by atoms with Gasteiger partial charge in [-0.05, 0) is 162 Å². The lowest BCUT2D eigenvalue weighted by Gasteiger charge is -2.11. The average molecular weight is 1020 g/mol. The number of hydrogen-bond acceptors (Lipinski definition) is 0. The Kier molecular flexibility index (Phi) is 11.6. The van der Waals surface area contributed by atoms with Crippen molar-refractivity contribution in [3.05, 3.63) is 315 Å². The van der Waals surface area contributed by atoms with E-state index >= 15 is 0 Å². The Morgan fingerprint density at radius 3 is 0.762 bits per heavy atom. The summed E-state index contributed by atoms with van der Waals surface area (Å²) in [6.45, 7) is 0. The Labute approximate surface area is 466 Å². The van der Waals surface area contributed by atoms with Gasteiger partial charge in [0.1, 0.15) is 0 Å². The van der Waals surface area contributed by atoms with Gasteiger partial charge in [-0.25, -0.2) is 0 Å². The molecule has 2 heterocycles. The molecule has 0 aliphatic rings. The summed E-state index contributed by atoms with van der Waals surface area (Å²) in [7, 11) is 0. The van der Waals surface area contributed by atoms with E-state index in [9.17, 15) is 0 Å². The minimum Gasteiger partial charge on any atom is -0.309 e. The van der Waals surface area contributed by atoms with Crippen LogP contribution in [0.3, 0.4) is 0 Å². The molecular weight excluding hydrogens is 965 g/mol. The Morgan fingerprint density at radius 1 is 0.138 bits per heavy atom. The van der Waals surface area contributed by atoms with Crippen LogP contribution in [0, 0.1) is 0 Å². The highest BCUT2D eigenvalue weighted by Crippen LogP contribution is 2.40. The molecule has 80 heavy (non-hydrogen) atoms. The molecule has 0 atom stereocenters. The van der Waals surface area contributed by atoms with Gasteiger partial charge in [-0.15, -0.1) is 0 Å². The summed E-state index contributed by atoms with van der Waals surface area (Å²) >= 11 is 0. The largest absolute Gasteiger partial charge is 0.309 e. The lowest BCUT2D eigenvalue weighted by molar-refractivity contribution is 1.18. The molecule has 374 valence electrons. The SMILES string of the molecule is c1ccc(-c2ccc(-c3ccc(-c4cccc(-c5cccc(-c6ccc(-c7ccc(-c8ccc(-n9c%10ccccc%10c%10cc(-c%11ccc%12c(c%11)c%11ccccc%11n%12-c%11ccccc%11)ccc%109)cc8)cc7)cc6)c5)c4)cc3)cc2)cc1. The maximum absolute atomic E-state index is 2.41. The summed E-state index contributed by atoms with van der Waals surface area (Å²) < 4.78 is 4.78. The number of hydrogen-bond donors (Lipinski definition) is 0. The Hall–Kier alpha value is -10.5. The van der Waals surface area contributed by atoms with Crippen LogP contribution in [0.5, 0.6) is 0 Å². The van der Waals surface area contributed by atoms with Gasteiger partial charge in [0, 0.05) is 32.9 Å². The number of nitrogens with zero attached hydrogens (tertiary/aromatic N) is 2. The summed E-state index contributed by atoms with van der Waals surface area (Å²) in [4.78, 5) is 0. The van der Waals surface area contributed by atoms with Crippen molar-refractivity contribution < 1.29 is 0 Å². The van der Waals surface area contributed by atoms with Crippen molar-refractivity contribution in [1.82, 2.24) is 9.13 Å². The molecule has 2 aromatic heterocycles. The highest BCUT2D eigenvalue weighted by atomic mass is 15.0. The Bertz CT molecular complexity index is 4740. The van der Waals surface area contributed by atoms with Crippen LogP contribution in [0.15, 0.2) is 315 Å². The van der Waals surface area contributed by atoms with Gasteiger partial charge >= 0.3 is 0 Å². The van der Waals surface area contributed by atoms with E-state index in [1.807, 2.05) is 0 Å². The molecule has 0 saturated heterocycles. The molecule has 13 aromatic carbocycles. The van der Waals surface area contributed by atoms with E-state index < -0.39 is 0 Å². The van der Waals surface area contributed by atoms with Crippen molar-refractivity contribution in [2.75, 3.05) is 0 Å². The Balaban J connectivity index is 0.645. The van der Waals surface area contributed by atoms with Crippen LogP contribution >= 0.6 is 0 Å². The maximum Gasteiger partial charge on any atom is 0.0541 e. The van der Waals surface area contributed by atoms with Crippen molar-refractivity contribution in [1.29, 1.82) is 0 Å². The van der Waals surface area contributed by atoms with Crippen LogP contribution in [0.2, 0.25) is 0 Å². The molecule has 0 bridgehead atoms. The second-order valence-electron chi connectivity index (χ2n) is 20.9. The first-order chi connectivity index (χ1) is 39.6. The Morgan fingerprint density at radius 2 is 0.375 bits per heavy atom. The van der Waals surface area contributed by atoms with Crippen LogP contribution in [-0.4, -0.2) is 9.13 Å². The molecule has 0 fully saturated rings. The second kappa shape index (κ2) is 19.8. The quantitative estimate of drug-likeness (QED) is 0.129. The standard InChI is InChI=1S/C78H52N2/c1-3-13-53(14-4-1)54-25-27-55(28-26-54)57-33-37-61(38-34-57)63-15-11-17-65(49-63)66-18-12-16-64(50-66)62-39-35-58(36-40-62)56-29-31-59(32-30-56)60-41-45-70(46-42-60)80-76-24-10-8-22-72(76)74-52-68(44-48-78(74)80)67-43-47-77-73(51-67)71-21-7-9-23-75(71)79(77)69-19-5-2-6-20-69/h1-52H. The topological polar surface area (TPSA) is 9.86 Å². The molecule has 0 aliphatic heterocycles. The van der Waals surface area contributed by atoms with E-state index in [4.69, 9.17) is 0 Å². The van der Waals surface area contributed by atoms with Gasteiger partial charge in [-0.1, -0.05) is 243 Å². The maximum atomic E-state index is 2.41. The molecule has 0 amide bonds. The highest BCUT2D eigenvalue weighted by molar-refractivity contribution is 6.13. The second-order valence-corrected chi connectivity index (χ2v) is 20.9. The fourth-order valence-corrected chi connectivity index (χ4v) is 12.0. The zero-order valence-electron chi connectivity index (χ0n) is 43.9. The van der Waals surface area contributed by atoms with Crippen molar-refractivity contribution in [3.8, 4) is 100 Å². The number of benzene rings is 13. The summed E-state index contributed by atoms with van der Waals surface area (Å²) in [5, 5.41) is 5.00. The summed E-state index contributed by atoms with van der Waals surface area (Å²) in [6, 6.07) is 115. The summed E-state index contributed by atoms with van der Waals surface area (Å²) in [5.74, 6) is 0. The minimum absolute atomic E-state index is 1.14. The van der Waals surface area contributed by atoms with Gasteiger partial charge in [0.05, 0.1) is 22.1 Å². The third-order valence-corrected chi connectivity index (χ3v) is 16.2. The summed E-state index contributed by atoms with van der Waals surface area (Å²) in [6.07, 6.45) is 0. The monoisotopic (exact) mass is 1020 g/mol. The fraction of sp³-hybridized carbons (Fsp3) is 0. The van der Waals surface area contributed by atoms with Crippen LogP contribution in [0.1, 0.15) is 0 Å². The van der Waals surface area contributed by atoms with Crippen molar-refractivity contribution >= 4 is 43.6 Å². The molecular formula is C78H52N2. The zero-order valence-corrected chi connectivity index (χ0v) is 43.9. The molecule has 2 heteroatoms. The smallest absolute Gasteiger partial charge is 0.0541 e.